The van der Waals surface area contributed by atoms with E-state index >= 15 is 0 Å². The smallest absolute Gasteiger partial charge is 0.0101 e. The fourth-order valence-electron chi connectivity index (χ4n) is 6.15. The average Bonchev–Trinajstić information content (AvgIpc) is 3.10. The van der Waals surface area contributed by atoms with Gasteiger partial charge in [0, 0.05) is 6.04 Å². The summed E-state index contributed by atoms with van der Waals surface area (Å²) in [5.74, 6) is 6.45. The number of fused-ring (bicyclic) bond motifs is 5. The third kappa shape index (κ3) is 2.26. The Labute approximate surface area is 118 Å². The van der Waals surface area contributed by atoms with Crippen molar-refractivity contribution in [1.82, 2.24) is 5.32 Å². The summed E-state index contributed by atoms with van der Waals surface area (Å²) in [4.78, 5) is 0. The summed E-state index contributed by atoms with van der Waals surface area (Å²) < 4.78 is 0. The van der Waals surface area contributed by atoms with E-state index < -0.39 is 0 Å². The zero-order valence-electron chi connectivity index (χ0n) is 12.6. The van der Waals surface area contributed by atoms with E-state index in [0.717, 1.165) is 41.5 Å². The van der Waals surface area contributed by atoms with Gasteiger partial charge in [-0.1, -0.05) is 26.2 Å². The van der Waals surface area contributed by atoms with Crippen LogP contribution in [0, 0.1) is 35.5 Å². The largest absolute Gasteiger partial charge is 0.313 e. The summed E-state index contributed by atoms with van der Waals surface area (Å²) in [6, 6.07) is 0.906. The van der Waals surface area contributed by atoms with Crippen LogP contribution in [0.3, 0.4) is 0 Å². The number of rotatable bonds is 3. The van der Waals surface area contributed by atoms with Crippen LogP contribution in [0.2, 0.25) is 0 Å². The average molecular weight is 261 g/mol. The zero-order chi connectivity index (χ0) is 12.8. The maximum Gasteiger partial charge on any atom is 0.0101 e. The van der Waals surface area contributed by atoms with Crippen molar-refractivity contribution in [3.05, 3.63) is 0 Å². The van der Waals surface area contributed by atoms with Gasteiger partial charge in [0.25, 0.3) is 0 Å². The van der Waals surface area contributed by atoms with Crippen molar-refractivity contribution in [3.8, 4) is 0 Å². The lowest BCUT2D eigenvalue weighted by atomic mass is 9.78. The van der Waals surface area contributed by atoms with E-state index in [0.29, 0.717) is 0 Å². The van der Waals surface area contributed by atoms with Crippen LogP contribution in [-0.2, 0) is 0 Å². The Kier molecular flexibility index (Phi) is 3.38. The highest BCUT2D eigenvalue weighted by atomic mass is 14.9. The van der Waals surface area contributed by atoms with Gasteiger partial charge in [-0.15, -0.1) is 0 Å². The second kappa shape index (κ2) is 5.06. The van der Waals surface area contributed by atoms with Crippen molar-refractivity contribution in [2.24, 2.45) is 35.5 Å². The second-order valence-electron chi connectivity index (χ2n) is 8.29. The summed E-state index contributed by atoms with van der Waals surface area (Å²) in [7, 11) is 0. The molecule has 4 saturated carbocycles. The van der Waals surface area contributed by atoms with E-state index in [4.69, 9.17) is 0 Å². The fraction of sp³-hybridized carbons (Fsp3) is 1.00. The molecule has 108 valence electrons. The zero-order valence-corrected chi connectivity index (χ0v) is 12.6. The van der Waals surface area contributed by atoms with Gasteiger partial charge in [0.1, 0.15) is 0 Å². The normalized spacial score (nSPS) is 52.6. The predicted octanol–water partition coefficient (Wildman–Crippen LogP) is 4.23. The van der Waals surface area contributed by atoms with Gasteiger partial charge in [0.05, 0.1) is 0 Å². The second-order valence-corrected chi connectivity index (χ2v) is 8.29. The van der Waals surface area contributed by atoms with Crippen molar-refractivity contribution in [2.45, 2.75) is 70.8 Å². The molecule has 0 aliphatic heterocycles. The first-order chi connectivity index (χ1) is 9.31. The maximum atomic E-state index is 4.01. The van der Waals surface area contributed by atoms with Crippen LogP contribution in [0.5, 0.6) is 0 Å². The van der Waals surface area contributed by atoms with Gasteiger partial charge >= 0.3 is 0 Å². The number of hydrogen-bond donors (Lipinski definition) is 1. The molecular formula is C18H31N. The van der Waals surface area contributed by atoms with E-state index in [1.54, 1.807) is 19.3 Å². The fourth-order valence-corrected chi connectivity index (χ4v) is 6.15. The molecule has 4 aliphatic rings. The SMILES string of the molecule is CC1CCC(CNC2CC3CC2C2CCCC32)CC1. The Bertz CT molecular complexity index is 318. The number of nitrogens with one attached hydrogen (secondary N) is 1. The van der Waals surface area contributed by atoms with Crippen molar-refractivity contribution >= 4 is 0 Å². The minimum Gasteiger partial charge on any atom is -0.313 e. The highest BCUT2D eigenvalue weighted by Gasteiger charge is 2.53. The highest BCUT2D eigenvalue weighted by molar-refractivity contribution is 5.05. The monoisotopic (exact) mass is 261 g/mol. The Morgan fingerprint density at radius 1 is 0.842 bits per heavy atom. The van der Waals surface area contributed by atoms with E-state index in [1.165, 1.54) is 45.1 Å². The van der Waals surface area contributed by atoms with E-state index in [1.807, 2.05) is 0 Å². The molecule has 0 radical (unpaired) electrons. The van der Waals surface area contributed by atoms with E-state index in [9.17, 15) is 0 Å². The molecule has 4 rings (SSSR count). The van der Waals surface area contributed by atoms with Crippen molar-refractivity contribution in [1.29, 1.82) is 0 Å². The van der Waals surface area contributed by atoms with Crippen LogP contribution in [-0.4, -0.2) is 12.6 Å². The first kappa shape index (κ1) is 12.7. The highest BCUT2D eigenvalue weighted by Crippen LogP contribution is 2.58. The first-order valence-corrected chi connectivity index (χ1v) is 9.04. The Balaban J connectivity index is 1.28. The van der Waals surface area contributed by atoms with Gasteiger partial charge in [0.2, 0.25) is 0 Å². The molecule has 1 nitrogen and oxygen atoms in total. The Morgan fingerprint density at radius 2 is 1.63 bits per heavy atom. The van der Waals surface area contributed by atoms with Crippen LogP contribution in [0.15, 0.2) is 0 Å². The summed E-state index contributed by atoms with van der Waals surface area (Å²) in [5, 5.41) is 4.01. The van der Waals surface area contributed by atoms with Crippen LogP contribution in [0.1, 0.15) is 64.7 Å². The Hall–Kier alpha value is -0.0400. The predicted molar refractivity (Wildman–Crippen MR) is 80.0 cm³/mol. The maximum absolute atomic E-state index is 4.01. The van der Waals surface area contributed by atoms with Crippen LogP contribution in [0.4, 0.5) is 0 Å². The quantitative estimate of drug-likeness (QED) is 0.802. The molecule has 0 aromatic rings. The van der Waals surface area contributed by atoms with E-state index in [2.05, 4.69) is 12.2 Å². The molecule has 0 aromatic carbocycles. The number of hydrogen-bond acceptors (Lipinski definition) is 1. The molecule has 5 unspecified atom stereocenters. The Morgan fingerprint density at radius 3 is 2.47 bits per heavy atom. The standard InChI is InChI=1S/C18H31N/c1-12-5-7-13(8-6-12)11-19-18-10-14-9-17(18)16-4-2-3-15(14)16/h12-19H,2-11H2,1H3. The minimum absolute atomic E-state index is 0.906. The van der Waals surface area contributed by atoms with Crippen LogP contribution >= 0.6 is 0 Å². The molecule has 19 heavy (non-hydrogen) atoms. The molecule has 2 bridgehead atoms. The molecule has 0 aromatic heterocycles. The minimum atomic E-state index is 0.906. The topological polar surface area (TPSA) is 12.0 Å². The summed E-state index contributed by atoms with van der Waals surface area (Å²) in [5.41, 5.74) is 0. The molecular weight excluding hydrogens is 230 g/mol. The molecule has 0 saturated heterocycles. The summed E-state index contributed by atoms with van der Waals surface area (Å²) in [6.45, 7) is 3.76. The first-order valence-electron chi connectivity index (χ1n) is 9.04. The molecule has 0 spiro atoms. The van der Waals surface area contributed by atoms with Crippen LogP contribution in [0.25, 0.3) is 0 Å². The molecule has 5 atom stereocenters. The third-order valence-electron chi connectivity index (χ3n) is 7.23. The molecule has 1 heteroatoms. The van der Waals surface area contributed by atoms with Gasteiger partial charge in [0.15, 0.2) is 0 Å². The molecule has 1 N–H and O–H groups in total. The third-order valence-corrected chi connectivity index (χ3v) is 7.23. The van der Waals surface area contributed by atoms with Crippen molar-refractivity contribution in [3.63, 3.8) is 0 Å². The lowest BCUT2D eigenvalue weighted by Gasteiger charge is -2.34. The van der Waals surface area contributed by atoms with E-state index in [-0.39, 0.29) is 0 Å². The van der Waals surface area contributed by atoms with Crippen molar-refractivity contribution in [2.75, 3.05) is 6.54 Å². The van der Waals surface area contributed by atoms with Crippen LogP contribution < -0.4 is 5.32 Å². The lowest BCUT2D eigenvalue weighted by molar-refractivity contribution is 0.194. The van der Waals surface area contributed by atoms with Gasteiger partial charge < -0.3 is 5.32 Å². The lowest BCUT2D eigenvalue weighted by Crippen LogP contribution is -2.41. The van der Waals surface area contributed by atoms with Gasteiger partial charge in [-0.2, -0.15) is 0 Å². The van der Waals surface area contributed by atoms with Gasteiger partial charge in [-0.3, -0.25) is 0 Å². The molecule has 4 fully saturated rings. The van der Waals surface area contributed by atoms with Gasteiger partial charge in [-0.05, 0) is 80.6 Å². The molecule has 4 aliphatic carbocycles. The molecule has 0 heterocycles. The van der Waals surface area contributed by atoms with Crippen molar-refractivity contribution < 1.29 is 0 Å². The summed E-state index contributed by atoms with van der Waals surface area (Å²) >= 11 is 0. The summed E-state index contributed by atoms with van der Waals surface area (Å²) in [6.07, 6.45) is 13.7. The molecule has 0 amide bonds. The van der Waals surface area contributed by atoms with Gasteiger partial charge in [-0.25, -0.2) is 0 Å².